The SMILES string of the molecule is CC(C)OC(=O)CC(NC(=O)C1CCN(c2cnccn2)CC1)c1ccccc1. The van der Waals surface area contributed by atoms with Gasteiger partial charge in [0.15, 0.2) is 0 Å². The van der Waals surface area contributed by atoms with Crippen LogP contribution >= 0.6 is 0 Å². The van der Waals surface area contributed by atoms with E-state index < -0.39 is 6.04 Å². The smallest absolute Gasteiger partial charge is 0.308 e. The van der Waals surface area contributed by atoms with Crippen LogP contribution in [0.3, 0.4) is 0 Å². The molecule has 1 fully saturated rings. The first-order valence-electron chi connectivity index (χ1n) is 10.1. The average Bonchev–Trinajstić information content (AvgIpc) is 2.74. The van der Waals surface area contributed by atoms with Crippen LogP contribution < -0.4 is 10.2 Å². The molecular formula is C22H28N4O3. The molecule has 0 spiro atoms. The van der Waals surface area contributed by atoms with E-state index in [9.17, 15) is 9.59 Å². The predicted molar refractivity (Wildman–Crippen MR) is 110 cm³/mol. The molecule has 1 aromatic heterocycles. The maximum Gasteiger partial charge on any atom is 0.308 e. The highest BCUT2D eigenvalue weighted by atomic mass is 16.5. The number of nitrogens with one attached hydrogen (secondary N) is 1. The summed E-state index contributed by atoms with van der Waals surface area (Å²) in [5.74, 6) is 0.418. The molecule has 1 unspecified atom stereocenters. The number of anilines is 1. The lowest BCUT2D eigenvalue weighted by molar-refractivity contribution is -0.148. The number of ether oxygens (including phenoxy) is 1. The molecule has 2 heterocycles. The van der Waals surface area contributed by atoms with E-state index in [4.69, 9.17) is 4.74 Å². The molecule has 0 bridgehead atoms. The fourth-order valence-corrected chi connectivity index (χ4v) is 3.53. The van der Waals surface area contributed by atoms with Crippen molar-refractivity contribution in [3.8, 4) is 0 Å². The number of carbonyl (C=O) groups is 2. The van der Waals surface area contributed by atoms with Crippen LogP contribution in [0, 0.1) is 5.92 Å². The second-order valence-corrected chi connectivity index (χ2v) is 7.54. The molecule has 0 radical (unpaired) electrons. The van der Waals surface area contributed by atoms with Gasteiger partial charge in [-0.1, -0.05) is 30.3 Å². The van der Waals surface area contributed by atoms with Crippen molar-refractivity contribution in [1.82, 2.24) is 15.3 Å². The van der Waals surface area contributed by atoms with Crippen LogP contribution in [0.5, 0.6) is 0 Å². The molecule has 1 amide bonds. The van der Waals surface area contributed by atoms with Gasteiger partial charge in [-0.2, -0.15) is 0 Å². The number of piperidine rings is 1. The minimum Gasteiger partial charge on any atom is -0.463 e. The molecule has 0 saturated carbocycles. The molecule has 3 rings (SSSR count). The number of rotatable bonds is 7. The second-order valence-electron chi connectivity index (χ2n) is 7.54. The lowest BCUT2D eigenvalue weighted by Gasteiger charge is -2.32. The summed E-state index contributed by atoms with van der Waals surface area (Å²) in [6, 6.07) is 9.17. The average molecular weight is 396 g/mol. The van der Waals surface area contributed by atoms with E-state index in [1.807, 2.05) is 44.2 Å². The van der Waals surface area contributed by atoms with Crippen molar-refractivity contribution < 1.29 is 14.3 Å². The van der Waals surface area contributed by atoms with Crippen LogP contribution in [0.4, 0.5) is 5.82 Å². The third-order valence-electron chi connectivity index (χ3n) is 5.00. The van der Waals surface area contributed by atoms with Crippen molar-refractivity contribution in [1.29, 1.82) is 0 Å². The minimum atomic E-state index is -0.395. The number of aromatic nitrogens is 2. The van der Waals surface area contributed by atoms with E-state index >= 15 is 0 Å². The molecule has 1 saturated heterocycles. The van der Waals surface area contributed by atoms with Gasteiger partial charge >= 0.3 is 5.97 Å². The number of hydrogen-bond donors (Lipinski definition) is 1. The molecule has 2 aromatic rings. The van der Waals surface area contributed by atoms with Crippen molar-refractivity contribution in [3.63, 3.8) is 0 Å². The van der Waals surface area contributed by atoms with Crippen molar-refractivity contribution in [2.45, 2.75) is 45.3 Å². The van der Waals surface area contributed by atoms with Crippen LogP contribution in [0.15, 0.2) is 48.9 Å². The number of benzene rings is 1. The highest BCUT2D eigenvalue weighted by Gasteiger charge is 2.28. The maximum absolute atomic E-state index is 12.9. The molecule has 0 aliphatic carbocycles. The zero-order valence-electron chi connectivity index (χ0n) is 17.0. The Morgan fingerprint density at radius 3 is 2.52 bits per heavy atom. The van der Waals surface area contributed by atoms with Gasteiger partial charge < -0.3 is 15.0 Å². The second kappa shape index (κ2) is 10.0. The summed E-state index contributed by atoms with van der Waals surface area (Å²) in [5, 5.41) is 3.08. The van der Waals surface area contributed by atoms with Gasteiger partial charge in [-0.15, -0.1) is 0 Å². The summed E-state index contributed by atoms with van der Waals surface area (Å²) < 4.78 is 5.28. The first-order chi connectivity index (χ1) is 14.0. The number of nitrogens with zero attached hydrogens (tertiary/aromatic N) is 3. The van der Waals surface area contributed by atoms with Crippen molar-refractivity contribution >= 4 is 17.7 Å². The zero-order valence-corrected chi connectivity index (χ0v) is 17.0. The predicted octanol–water partition coefficient (Wildman–Crippen LogP) is 2.89. The summed E-state index contributed by atoms with van der Waals surface area (Å²) in [6.45, 7) is 5.14. The normalized spacial score (nSPS) is 15.8. The Kier molecular flexibility index (Phi) is 7.16. The molecule has 7 nitrogen and oxygen atoms in total. The molecule has 1 aliphatic heterocycles. The van der Waals surface area contributed by atoms with Crippen LogP contribution in [0.25, 0.3) is 0 Å². The van der Waals surface area contributed by atoms with Gasteiger partial charge in [-0.25, -0.2) is 4.98 Å². The summed E-state index contributed by atoms with van der Waals surface area (Å²) in [7, 11) is 0. The Labute approximate surface area is 171 Å². The van der Waals surface area contributed by atoms with E-state index in [1.165, 1.54) is 0 Å². The van der Waals surface area contributed by atoms with Gasteiger partial charge in [-0.3, -0.25) is 14.6 Å². The van der Waals surface area contributed by atoms with Gasteiger partial charge in [0.2, 0.25) is 5.91 Å². The van der Waals surface area contributed by atoms with Gasteiger partial charge in [0.05, 0.1) is 24.8 Å². The van der Waals surface area contributed by atoms with E-state index in [0.717, 1.165) is 37.3 Å². The van der Waals surface area contributed by atoms with E-state index in [0.29, 0.717) is 0 Å². The maximum atomic E-state index is 12.9. The summed E-state index contributed by atoms with van der Waals surface area (Å²) in [6.07, 6.45) is 6.48. The Hall–Kier alpha value is -2.96. The molecular weight excluding hydrogens is 368 g/mol. The Bertz CT molecular complexity index is 790. The minimum absolute atomic E-state index is 0.0185. The Morgan fingerprint density at radius 2 is 1.90 bits per heavy atom. The third-order valence-corrected chi connectivity index (χ3v) is 5.00. The first-order valence-corrected chi connectivity index (χ1v) is 10.1. The highest BCUT2D eigenvalue weighted by Crippen LogP contribution is 2.24. The highest BCUT2D eigenvalue weighted by molar-refractivity contribution is 5.80. The van der Waals surface area contributed by atoms with Gasteiger partial charge in [0.25, 0.3) is 0 Å². The van der Waals surface area contributed by atoms with Crippen molar-refractivity contribution in [2.75, 3.05) is 18.0 Å². The largest absolute Gasteiger partial charge is 0.463 e. The lowest BCUT2D eigenvalue weighted by atomic mass is 9.94. The van der Waals surface area contributed by atoms with Crippen LogP contribution in [0.1, 0.15) is 44.7 Å². The molecule has 154 valence electrons. The first kappa shape index (κ1) is 20.8. The molecule has 1 atom stereocenters. The summed E-state index contributed by atoms with van der Waals surface area (Å²) in [4.78, 5) is 35.7. The number of carbonyl (C=O) groups excluding carboxylic acids is 2. The standard InChI is InChI=1S/C22H28N4O3/c1-16(2)29-21(27)14-19(17-6-4-3-5-7-17)25-22(28)18-8-12-26(13-9-18)20-15-23-10-11-24-20/h3-7,10-11,15-16,18-19H,8-9,12-14H2,1-2H3,(H,25,28). The quantitative estimate of drug-likeness (QED) is 0.725. The molecule has 7 heteroatoms. The number of hydrogen-bond acceptors (Lipinski definition) is 6. The van der Waals surface area contributed by atoms with Gasteiger partial charge in [0, 0.05) is 31.4 Å². The van der Waals surface area contributed by atoms with Crippen LogP contribution in [0.2, 0.25) is 0 Å². The van der Waals surface area contributed by atoms with Crippen molar-refractivity contribution in [3.05, 3.63) is 54.5 Å². The Balaban J connectivity index is 1.60. The molecule has 1 N–H and O–H groups in total. The van der Waals surface area contributed by atoms with Gasteiger partial charge in [-0.05, 0) is 32.3 Å². The third kappa shape index (κ3) is 6.01. The lowest BCUT2D eigenvalue weighted by Crippen LogP contribution is -2.42. The summed E-state index contributed by atoms with van der Waals surface area (Å²) >= 11 is 0. The summed E-state index contributed by atoms with van der Waals surface area (Å²) in [5.41, 5.74) is 0.901. The molecule has 1 aliphatic rings. The Morgan fingerprint density at radius 1 is 1.17 bits per heavy atom. The molecule has 1 aromatic carbocycles. The van der Waals surface area contributed by atoms with Crippen molar-refractivity contribution in [2.24, 2.45) is 5.92 Å². The molecule has 29 heavy (non-hydrogen) atoms. The monoisotopic (exact) mass is 396 g/mol. The van der Waals surface area contributed by atoms with Gasteiger partial charge in [0.1, 0.15) is 5.82 Å². The fourth-order valence-electron chi connectivity index (χ4n) is 3.53. The van der Waals surface area contributed by atoms with E-state index in [2.05, 4.69) is 20.2 Å². The number of amides is 1. The van der Waals surface area contributed by atoms with E-state index in [1.54, 1.807) is 18.6 Å². The zero-order chi connectivity index (χ0) is 20.6. The van der Waals surface area contributed by atoms with Crippen LogP contribution in [-0.4, -0.2) is 41.0 Å². The fraction of sp³-hybridized carbons (Fsp3) is 0.455. The topological polar surface area (TPSA) is 84.4 Å². The van der Waals surface area contributed by atoms with E-state index in [-0.39, 0.29) is 30.3 Å². The van der Waals surface area contributed by atoms with Crippen LogP contribution in [-0.2, 0) is 14.3 Å². The number of esters is 1.